The predicted molar refractivity (Wildman–Crippen MR) is 76.5 cm³/mol. The van der Waals surface area contributed by atoms with Crippen LogP contribution in [0.4, 0.5) is 0 Å². The minimum absolute atomic E-state index is 0.477. The smallest absolute Gasteiger partial charge is 0.0113 e. The van der Waals surface area contributed by atoms with Crippen molar-refractivity contribution in [1.82, 2.24) is 4.90 Å². The average Bonchev–Trinajstić information content (AvgIpc) is 2.37. The Balaban J connectivity index is 1.56. The molecule has 2 fully saturated rings. The minimum Gasteiger partial charge on any atom is -0.328 e. The Kier molecular flexibility index (Phi) is 4.05. The molecule has 2 saturated heterocycles. The number of hydrogen-bond acceptors (Lipinski definition) is 2. The molecule has 18 heavy (non-hydrogen) atoms. The monoisotopic (exact) mass is 248 g/mol. The summed E-state index contributed by atoms with van der Waals surface area (Å²) in [5.41, 5.74) is 7.92. The van der Waals surface area contributed by atoms with Crippen LogP contribution in [0.5, 0.6) is 0 Å². The Labute approximate surface area is 112 Å². The first-order valence-electron chi connectivity index (χ1n) is 8.02. The van der Waals surface area contributed by atoms with Crippen LogP contribution in [-0.2, 0) is 0 Å². The van der Waals surface area contributed by atoms with Gasteiger partial charge in [0.15, 0.2) is 0 Å². The zero-order valence-corrected chi connectivity index (χ0v) is 11.6. The van der Waals surface area contributed by atoms with Crippen LogP contribution >= 0.6 is 0 Å². The van der Waals surface area contributed by atoms with Gasteiger partial charge in [0.25, 0.3) is 0 Å². The van der Waals surface area contributed by atoms with Crippen molar-refractivity contribution in [1.29, 1.82) is 0 Å². The first-order valence-corrected chi connectivity index (χ1v) is 8.02. The van der Waals surface area contributed by atoms with E-state index in [1.807, 2.05) is 0 Å². The molecule has 2 aliphatic heterocycles. The molecule has 2 bridgehead atoms. The van der Waals surface area contributed by atoms with Crippen LogP contribution in [0.2, 0.25) is 0 Å². The molecular formula is C16H28N2. The summed E-state index contributed by atoms with van der Waals surface area (Å²) in [6.07, 6.45) is 16.1. The standard InChI is InChI=1S/C16H28N2/c17-14-11-15-7-4-8-16(12-14)18(15)10-9-13-5-2-1-3-6-13/h5,14-16H,1-4,6-12,17H2. The van der Waals surface area contributed by atoms with E-state index in [1.54, 1.807) is 5.57 Å². The molecule has 2 N–H and O–H groups in total. The van der Waals surface area contributed by atoms with E-state index in [-0.39, 0.29) is 0 Å². The number of piperidine rings is 2. The van der Waals surface area contributed by atoms with E-state index in [9.17, 15) is 0 Å². The first-order chi connectivity index (χ1) is 8.83. The summed E-state index contributed by atoms with van der Waals surface area (Å²) in [4.78, 5) is 2.81. The van der Waals surface area contributed by atoms with E-state index in [0.717, 1.165) is 12.1 Å². The minimum atomic E-state index is 0.477. The highest BCUT2D eigenvalue weighted by Crippen LogP contribution is 2.34. The molecule has 1 aliphatic carbocycles. The largest absolute Gasteiger partial charge is 0.328 e. The molecule has 2 unspecified atom stereocenters. The summed E-state index contributed by atoms with van der Waals surface area (Å²) >= 11 is 0. The fraction of sp³-hybridized carbons (Fsp3) is 0.875. The number of allylic oxidation sites excluding steroid dienone is 1. The topological polar surface area (TPSA) is 29.3 Å². The molecule has 2 heteroatoms. The third-order valence-corrected chi connectivity index (χ3v) is 5.24. The lowest BCUT2D eigenvalue weighted by Gasteiger charge is -2.48. The highest BCUT2D eigenvalue weighted by Gasteiger charge is 2.36. The van der Waals surface area contributed by atoms with Crippen molar-refractivity contribution in [3.63, 3.8) is 0 Å². The van der Waals surface area contributed by atoms with Gasteiger partial charge in [-0.1, -0.05) is 18.1 Å². The van der Waals surface area contributed by atoms with Gasteiger partial charge in [-0.15, -0.1) is 0 Å². The number of nitrogens with zero attached hydrogens (tertiary/aromatic N) is 1. The number of nitrogens with two attached hydrogens (primary N) is 1. The quantitative estimate of drug-likeness (QED) is 0.777. The Morgan fingerprint density at radius 3 is 2.56 bits per heavy atom. The molecule has 3 aliphatic rings. The second-order valence-electron chi connectivity index (χ2n) is 6.57. The molecule has 3 rings (SSSR count). The summed E-state index contributed by atoms with van der Waals surface area (Å²) in [7, 11) is 0. The third kappa shape index (κ3) is 2.80. The molecule has 0 aromatic rings. The van der Waals surface area contributed by atoms with Crippen molar-refractivity contribution in [3.8, 4) is 0 Å². The highest BCUT2D eigenvalue weighted by molar-refractivity contribution is 5.06. The van der Waals surface area contributed by atoms with Crippen molar-refractivity contribution in [2.75, 3.05) is 6.54 Å². The second-order valence-corrected chi connectivity index (χ2v) is 6.57. The van der Waals surface area contributed by atoms with Crippen LogP contribution < -0.4 is 5.73 Å². The van der Waals surface area contributed by atoms with E-state index >= 15 is 0 Å². The number of rotatable bonds is 3. The number of fused-ring (bicyclic) bond motifs is 2. The Bertz CT molecular complexity index is 296. The van der Waals surface area contributed by atoms with Crippen LogP contribution in [0.25, 0.3) is 0 Å². The van der Waals surface area contributed by atoms with E-state index in [0.29, 0.717) is 6.04 Å². The molecule has 0 saturated carbocycles. The lowest BCUT2D eigenvalue weighted by Crippen LogP contribution is -2.55. The highest BCUT2D eigenvalue weighted by atomic mass is 15.2. The molecule has 2 atom stereocenters. The van der Waals surface area contributed by atoms with E-state index < -0.39 is 0 Å². The van der Waals surface area contributed by atoms with Crippen LogP contribution in [0.3, 0.4) is 0 Å². The maximum Gasteiger partial charge on any atom is 0.0113 e. The van der Waals surface area contributed by atoms with Crippen molar-refractivity contribution in [2.45, 2.75) is 82.3 Å². The van der Waals surface area contributed by atoms with Crippen molar-refractivity contribution in [3.05, 3.63) is 11.6 Å². The molecule has 2 nitrogen and oxygen atoms in total. The van der Waals surface area contributed by atoms with Gasteiger partial charge >= 0.3 is 0 Å². The van der Waals surface area contributed by atoms with Crippen molar-refractivity contribution in [2.24, 2.45) is 5.73 Å². The molecular weight excluding hydrogens is 220 g/mol. The second kappa shape index (κ2) is 5.75. The van der Waals surface area contributed by atoms with Gasteiger partial charge in [0, 0.05) is 24.7 Å². The molecule has 0 aromatic carbocycles. The van der Waals surface area contributed by atoms with E-state index in [2.05, 4.69) is 11.0 Å². The SMILES string of the molecule is NC1CC2CCCC(C1)N2CCC1=CCCCC1. The predicted octanol–water partition coefficient (Wildman–Crippen LogP) is 3.22. The third-order valence-electron chi connectivity index (χ3n) is 5.24. The van der Waals surface area contributed by atoms with E-state index in [4.69, 9.17) is 5.73 Å². The van der Waals surface area contributed by atoms with Gasteiger partial charge in [0.05, 0.1) is 0 Å². The summed E-state index contributed by atoms with van der Waals surface area (Å²) in [6.45, 7) is 1.30. The molecule has 2 heterocycles. The van der Waals surface area contributed by atoms with Crippen molar-refractivity contribution >= 4 is 0 Å². The molecule has 0 spiro atoms. The lowest BCUT2D eigenvalue weighted by atomic mass is 9.81. The molecule has 102 valence electrons. The zero-order chi connectivity index (χ0) is 12.4. The van der Waals surface area contributed by atoms with Crippen molar-refractivity contribution < 1.29 is 0 Å². The summed E-state index contributed by atoms with van der Waals surface area (Å²) in [5, 5.41) is 0. The fourth-order valence-corrected chi connectivity index (χ4v) is 4.29. The Hall–Kier alpha value is -0.340. The van der Waals surface area contributed by atoms with Gasteiger partial charge in [-0.25, -0.2) is 0 Å². The average molecular weight is 248 g/mol. The summed E-state index contributed by atoms with van der Waals surface area (Å²) in [6, 6.07) is 2.08. The molecule has 0 amide bonds. The van der Waals surface area contributed by atoms with Crippen LogP contribution in [-0.4, -0.2) is 29.6 Å². The van der Waals surface area contributed by atoms with Crippen LogP contribution in [0.1, 0.15) is 64.2 Å². The first kappa shape index (κ1) is 12.7. The van der Waals surface area contributed by atoms with Gasteiger partial charge in [0.1, 0.15) is 0 Å². The van der Waals surface area contributed by atoms with Gasteiger partial charge in [-0.2, -0.15) is 0 Å². The summed E-state index contributed by atoms with van der Waals surface area (Å²) < 4.78 is 0. The number of hydrogen-bond donors (Lipinski definition) is 1. The zero-order valence-electron chi connectivity index (χ0n) is 11.6. The lowest BCUT2D eigenvalue weighted by molar-refractivity contribution is 0.0325. The Morgan fingerprint density at radius 2 is 1.89 bits per heavy atom. The van der Waals surface area contributed by atoms with Crippen LogP contribution in [0, 0.1) is 0 Å². The van der Waals surface area contributed by atoms with Crippen LogP contribution in [0.15, 0.2) is 11.6 Å². The maximum absolute atomic E-state index is 6.19. The Morgan fingerprint density at radius 1 is 1.11 bits per heavy atom. The molecule has 0 aromatic heterocycles. The van der Waals surface area contributed by atoms with E-state index in [1.165, 1.54) is 70.8 Å². The van der Waals surface area contributed by atoms with Gasteiger partial charge < -0.3 is 5.73 Å². The molecule has 0 radical (unpaired) electrons. The van der Waals surface area contributed by atoms with Gasteiger partial charge in [-0.3, -0.25) is 4.90 Å². The maximum atomic E-state index is 6.19. The normalized spacial score (nSPS) is 37.4. The van der Waals surface area contributed by atoms with Gasteiger partial charge in [-0.05, 0) is 57.8 Å². The summed E-state index contributed by atoms with van der Waals surface area (Å²) in [5.74, 6) is 0. The fourth-order valence-electron chi connectivity index (χ4n) is 4.29. The van der Waals surface area contributed by atoms with Gasteiger partial charge in [0.2, 0.25) is 0 Å².